The maximum atomic E-state index is 12.3. The average Bonchev–Trinajstić information content (AvgIpc) is 2.97. The standard InChI is InChI=1S/C18H25N3O2/c1-13-12-21(9-10-23-13)14(2)18(22)19-8-7-15-11-20-17-6-4-3-5-16(15)17/h3-6,11,13-14,20H,7-10,12H2,1-2H3,(H,19,22). The lowest BCUT2D eigenvalue weighted by Gasteiger charge is -2.34. The second kappa shape index (κ2) is 7.15. The first kappa shape index (κ1) is 16.0. The Morgan fingerprint density at radius 1 is 1.48 bits per heavy atom. The number of H-pyrrole nitrogens is 1. The number of nitrogens with one attached hydrogen (secondary N) is 2. The molecule has 23 heavy (non-hydrogen) atoms. The van der Waals surface area contributed by atoms with Crippen LogP contribution in [0.5, 0.6) is 0 Å². The van der Waals surface area contributed by atoms with Crippen molar-refractivity contribution in [2.75, 3.05) is 26.2 Å². The highest BCUT2D eigenvalue weighted by Gasteiger charge is 2.25. The number of para-hydroxylation sites is 1. The highest BCUT2D eigenvalue weighted by Crippen LogP contribution is 2.17. The van der Waals surface area contributed by atoms with Crippen LogP contribution < -0.4 is 5.32 Å². The molecule has 2 atom stereocenters. The third kappa shape index (κ3) is 3.74. The second-order valence-electron chi connectivity index (χ2n) is 6.25. The van der Waals surface area contributed by atoms with Crippen molar-refractivity contribution in [1.29, 1.82) is 0 Å². The molecule has 124 valence electrons. The molecule has 1 aliphatic heterocycles. The predicted octanol–water partition coefficient (Wildman–Crippen LogP) is 1.94. The molecule has 1 amide bonds. The van der Waals surface area contributed by atoms with Gasteiger partial charge in [0.05, 0.1) is 18.8 Å². The lowest BCUT2D eigenvalue weighted by molar-refractivity contribution is -0.128. The number of carbonyl (C=O) groups excluding carboxylic acids is 1. The lowest BCUT2D eigenvalue weighted by Crippen LogP contribution is -2.51. The van der Waals surface area contributed by atoms with Crippen LogP contribution in [0.1, 0.15) is 19.4 Å². The van der Waals surface area contributed by atoms with Gasteiger partial charge in [-0.15, -0.1) is 0 Å². The smallest absolute Gasteiger partial charge is 0.237 e. The third-order valence-corrected chi connectivity index (χ3v) is 4.57. The van der Waals surface area contributed by atoms with Gasteiger partial charge >= 0.3 is 0 Å². The SMILES string of the molecule is CC1CN(C(C)C(=O)NCCc2c[nH]c3ccccc23)CCO1. The Hall–Kier alpha value is -1.85. The molecule has 1 aliphatic rings. The van der Waals surface area contributed by atoms with E-state index in [9.17, 15) is 4.79 Å². The van der Waals surface area contributed by atoms with Crippen LogP contribution >= 0.6 is 0 Å². The topological polar surface area (TPSA) is 57.4 Å². The second-order valence-corrected chi connectivity index (χ2v) is 6.25. The number of aromatic amines is 1. The first-order valence-electron chi connectivity index (χ1n) is 8.33. The summed E-state index contributed by atoms with van der Waals surface area (Å²) in [6.07, 6.45) is 3.07. The summed E-state index contributed by atoms with van der Waals surface area (Å²) in [4.78, 5) is 17.8. The van der Waals surface area contributed by atoms with Gasteiger partial charge in [-0.2, -0.15) is 0 Å². The molecule has 1 aromatic heterocycles. The summed E-state index contributed by atoms with van der Waals surface area (Å²) in [5, 5.41) is 4.30. The quantitative estimate of drug-likeness (QED) is 0.886. The van der Waals surface area contributed by atoms with Gasteiger partial charge < -0.3 is 15.0 Å². The number of amides is 1. The monoisotopic (exact) mass is 315 g/mol. The number of benzene rings is 1. The molecule has 1 fully saturated rings. The fourth-order valence-electron chi connectivity index (χ4n) is 3.17. The van der Waals surface area contributed by atoms with Crippen LogP contribution in [-0.2, 0) is 16.0 Å². The van der Waals surface area contributed by atoms with Gasteiger partial charge in [0.1, 0.15) is 0 Å². The van der Waals surface area contributed by atoms with E-state index in [1.165, 1.54) is 10.9 Å². The Bertz CT molecular complexity index is 667. The molecular formula is C18H25N3O2. The van der Waals surface area contributed by atoms with Crippen molar-refractivity contribution in [3.63, 3.8) is 0 Å². The van der Waals surface area contributed by atoms with Crippen molar-refractivity contribution in [2.45, 2.75) is 32.4 Å². The van der Waals surface area contributed by atoms with Crippen LogP contribution in [0.3, 0.4) is 0 Å². The summed E-state index contributed by atoms with van der Waals surface area (Å²) in [5.74, 6) is 0.0962. The average molecular weight is 315 g/mol. The molecule has 2 heterocycles. The predicted molar refractivity (Wildman–Crippen MR) is 91.5 cm³/mol. The summed E-state index contributed by atoms with van der Waals surface area (Å²) >= 11 is 0. The Balaban J connectivity index is 1.51. The number of hydrogen-bond acceptors (Lipinski definition) is 3. The minimum atomic E-state index is -0.107. The largest absolute Gasteiger partial charge is 0.376 e. The van der Waals surface area contributed by atoms with Crippen molar-refractivity contribution in [3.8, 4) is 0 Å². The summed E-state index contributed by atoms with van der Waals surface area (Å²) in [6, 6.07) is 8.14. The molecule has 5 heteroatoms. The van der Waals surface area contributed by atoms with Crippen LogP contribution in [0.4, 0.5) is 0 Å². The molecule has 1 saturated heterocycles. The molecule has 0 aliphatic carbocycles. The van der Waals surface area contributed by atoms with E-state index in [-0.39, 0.29) is 18.1 Å². The minimum Gasteiger partial charge on any atom is -0.376 e. The Labute approximate surface area is 137 Å². The summed E-state index contributed by atoms with van der Waals surface area (Å²) in [7, 11) is 0. The van der Waals surface area contributed by atoms with Gasteiger partial charge in [0, 0.05) is 36.7 Å². The molecule has 1 aromatic carbocycles. The number of hydrogen-bond donors (Lipinski definition) is 2. The Morgan fingerprint density at radius 2 is 2.30 bits per heavy atom. The van der Waals surface area contributed by atoms with E-state index in [1.54, 1.807) is 0 Å². The number of fused-ring (bicyclic) bond motifs is 1. The fraction of sp³-hybridized carbons (Fsp3) is 0.500. The van der Waals surface area contributed by atoms with Crippen molar-refractivity contribution in [2.24, 2.45) is 0 Å². The third-order valence-electron chi connectivity index (χ3n) is 4.57. The lowest BCUT2D eigenvalue weighted by atomic mass is 10.1. The molecule has 2 aromatic rings. The van der Waals surface area contributed by atoms with Gasteiger partial charge in [-0.3, -0.25) is 9.69 Å². The van der Waals surface area contributed by atoms with Gasteiger partial charge in [0.2, 0.25) is 5.91 Å². The van der Waals surface area contributed by atoms with Gasteiger partial charge in [-0.25, -0.2) is 0 Å². The molecule has 0 saturated carbocycles. The molecule has 0 radical (unpaired) electrons. The zero-order chi connectivity index (χ0) is 16.2. The van der Waals surface area contributed by atoms with E-state index in [2.05, 4.69) is 27.3 Å². The van der Waals surface area contributed by atoms with E-state index < -0.39 is 0 Å². The van der Waals surface area contributed by atoms with Gasteiger partial charge in [-0.05, 0) is 31.9 Å². The number of morpholine rings is 1. The highest BCUT2D eigenvalue weighted by molar-refractivity contribution is 5.83. The maximum absolute atomic E-state index is 12.3. The summed E-state index contributed by atoms with van der Waals surface area (Å²) in [5.41, 5.74) is 2.39. The van der Waals surface area contributed by atoms with E-state index in [0.717, 1.165) is 25.0 Å². The van der Waals surface area contributed by atoms with Crippen LogP contribution in [0.15, 0.2) is 30.5 Å². The fourth-order valence-corrected chi connectivity index (χ4v) is 3.17. The number of nitrogens with zero attached hydrogens (tertiary/aromatic N) is 1. The van der Waals surface area contributed by atoms with E-state index in [4.69, 9.17) is 4.74 Å². The molecule has 0 spiro atoms. The normalized spacial score (nSPS) is 20.5. The van der Waals surface area contributed by atoms with Crippen LogP contribution in [-0.4, -0.2) is 54.2 Å². The van der Waals surface area contributed by atoms with Gasteiger partial charge in [-0.1, -0.05) is 18.2 Å². The number of aromatic nitrogens is 1. The van der Waals surface area contributed by atoms with Gasteiger partial charge in [0.15, 0.2) is 0 Å². The first-order chi connectivity index (χ1) is 11.1. The first-order valence-corrected chi connectivity index (χ1v) is 8.33. The van der Waals surface area contributed by atoms with Crippen molar-refractivity contribution >= 4 is 16.8 Å². The van der Waals surface area contributed by atoms with Crippen LogP contribution in [0.2, 0.25) is 0 Å². The van der Waals surface area contributed by atoms with E-state index >= 15 is 0 Å². The maximum Gasteiger partial charge on any atom is 0.237 e. The Kier molecular flexibility index (Phi) is 4.98. The molecule has 2 N–H and O–H groups in total. The Morgan fingerprint density at radius 3 is 3.13 bits per heavy atom. The van der Waals surface area contributed by atoms with Crippen molar-refractivity contribution in [1.82, 2.24) is 15.2 Å². The number of ether oxygens (including phenoxy) is 1. The minimum absolute atomic E-state index is 0.0962. The molecule has 0 bridgehead atoms. The molecule has 5 nitrogen and oxygen atoms in total. The number of rotatable bonds is 5. The van der Waals surface area contributed by atoms with Gasteiger partial charge in [0.25, 0.3) is 0 Å². The molecule has 3 rings (SSSR count). The molecule has 2 unspecified atom stereocenters. The summed E-state index contributed by atoms with van der Waals surface area (Å²) in [6.45, 7) is 7.02. The molecular weight excluding hydrogens is 290 g/mol. The number of carbonyl (C=O) groups is 1. The van der Waals surface area contributed by atoms with Crippen molar-refractivity contribution < 1.29 is 9.53 Å². The zero-order valence-corrected chi connectivity index (χ0v) is 13.8. The van der Waals surface area contributed by atoms with Crippen LogP contribution in [0, 0.1) is 0 Å². The highest BCUT2D eigenvalue weighted by atomic mass is 16.5. The van der Waals surface area contributed by atoms with E-state index in [1.807, 2.05) is 32.2 Å². The van der Waals surface area contributed by atoms with Crippen molar-refractivity contribution in [3.05, 3.63) is 36.0 Å². The zero-order valence-electron chi connectivity index (χ0n) is 13.8. The van der Waals surface area contributed by atoms with E-state index in [0.29, 0.717) is 13.2 Å². The van der Waals surface area contributed by atoms with Crippen LogP contribution in [0.25, 0.3) is 10.9 Å². The summed E-state index contributed by atoms with van der Waals surface area (Å²) < 4.78 is 5.53.